The standard InChI is InChI=1S/C21H23ClN6O3/c22-21-25-11-8-17(26-21)24-10-2-1-9-23-15-5-3-4-13-14(15)12-28(20(13)31)16-6-7-18(29)27-19(16)30/h3-5,8,11,16,23H,1-2,6-7,9-10,12H2,(H,24,25,26)(H,27,29,30). The molecule has 3 N–H and O–H groups in total. The Balaban J connectivity index is 1.29. The lowest BCUT2D eigenvalue weighted by molar-refractivity contribution is -0.136. The van der Waals surface area contributed by atoms with Crippen molar-refractivity contribution < 1.29 is 14.4 Å². The van der Waals surface area contributed by atoms with E-state index in [4.69, 9.17) is 11.6 Å². The van der Waals surface area contributed by atoms with Gasteiger partial charge >= 0.3 is 0 Å². The molecule has 31 heavy (non-hydrogen) atoms. The highest BCUT2D eigenvalue weighted by molar-refractivity contribution is 6.28. The van der Waals surface area contributed by atoms with Gasteiger partial charge in [0.2, 0.25) is 17.1 Å². The van der Waals surface area contributed by atoms with Crippen LogP contribution in [0.2, 0.25) is 5.28 Å². The third-order valence-corrected chi connectivity index (χ3v) is 5.62. The fourth-order valence-electron chi connectivity index (χ4n) is 3.87. The van der Waals surface area contributed by atoms with Crippen molar-refractivity contribution in [3.63, 3.8) is 0 Å². The third-order valence-electron chi connectivity index (χ3n) is 5.43. The fraction of sp³-hybridized carbons (Fsp3) is 0.381. The van der Waals surface area contributed by atoms with Crippen molar-refractivity contribution in [2.24, 2.45) is 0 Å². The maximum Gasteiger partial charge on any atom is 0.255 e. The summed E-state index contributed by atoms with van der Waals surface area (Å²) in [7, 11) is 0. The van der Waals surface area contributed by atoms with Gasteiger partial charge in [-0.25, -0.2) is 9.97 Å². The van der Waals surface area contributed by atoms with E-state index in [2.05, 4.69) is 25.9 Å². The molecule has 10 heteroatoms. The molecule has 1 unspecified atom stereocenters. The molecule has 1 atom stereocenters. The molecule has 0 bridgehead atoms. The number of piperidine rings is 1. The minimum Gasteiger partial charge on any atom is -0.385 e. The monoisotopic (exact) mass is 442 g/mol. The molecular weight excluding hydrogens is 420 g/mol. The molecule has 1 fully saturated rings. The van der Waals surface area contributed by atoms with Gasteiger partial charge in [-0.1, -0.05) is 6.07 Å². The van der Waals surface area contributed by atoms with Gasteiger partial charge in [0.15, 0.2) is 0 Å². The first-order valence-corrected chi connectivity index (χ1v) is 10.6. The number of nitrogens with zero attached hydrogens (tertiary/aromatic N) is 3. The van der Waals surface area contributed by atoms with E-state index in [0.717, 1.165) is 37.2 Å². The molecule has 0 spiro atoms. The van der Waals surface area contributed by atoms with Crippen LogP contribution in [0.5, 0.6) is 0 Å². The van der Waals surface area contributed by atoms with E-state index in [0.29, 0.717) is 24.3 Å². The third kappa shape index (κ3) is 4.77. The summed E-state index contributed by atoms with van der Waals surface area (Å²) in [5.74, 6) is -0.156. The van der Waals surface area contributed by atoms with Crippen LogP contribution in [0.25, 0.3) is 0 Å². The van der Waals surface area contributed by atoms with Crippen LogP contribution in [-0.2, 0) is 16.1 Å². The van der Waals surface area contributed by atoms with Gasteiger partial charge in [-0.05, 0) is 49.1 Å². The Hall–Kier alpha value is -3.20. The van der Waals surface area contributed by atoms with E-state index >= 15 is 0 Å². The largest absolute Gasteiger partial charge is 0.385 e. The number of carbonyl (C=O) groups is 3. The molecule has 2 aliphatic rings. The number of imide groups is 1. The minimum atomic E-state index is -0.605. The second kappa shape index (κ2) is 9.30. The zero-order chi connectivity index (χ0) is 21.8. The average Bonchev–Trinajstić information content (AvgIpc) is 3.08. The Morgan fingerprint density at radius 2 is 1.94 bits per heavy atom. The Bertz CT molecular complexity index is 1010. The SMILES string of the molecule is O=C1CCC(N2Cc3c(NCCCCNc4ccnc(Cl)n4)cccc3C2=O)C(=O)N1. The summed E-state index contributed by atoms with van der Waals surface area (Å²) in [6, 6.07) is 6.73. The molecule has 3 amide bonds. The summed E-state index contributed by atoms with van der Waals surface area (Å²) in [6.07, 6.45) is 4.05. The van der Waals surface area contributed by atoms with Crippen molar-refractivity contribution in [3.8, 4) is 0 Å². The van der Waals surface area contributed by atoms with Gasteiger partial charge in [-0.2, -0.15) is 0 Å². The van der Waals surface area contributed by atoms with Crippen molar-refractivity contribution in [2.45, 2.75) is 38.3 Å². The Labute approximate surface area is 184 Å². The highest BCUT2D eigenvalue weighted by Crippen LogP contribution is 2.32. The number of amides is 3. The van der Waals surface area contributed by atoms with E-state index < -0.39 is 11.9 Å². The van der Waals surface area contributed by atoms with Crippen LogP contribution in [0.3, 0.4) is 0 Å². The first-order valence-electron chi connectivity index (χ1n) is 10.3. The van der Waals surface area contributed by atoms with Crippen LogP contribution in [0.4, 0.5) is 11.5 Å². The number of anilines is 2. The summed E-state index contributed by atoms with van der Waals surface area (Å²) in [5, 5.41) is 9.15. The summed E-state index contributed by atoms with van der Waals surface area (Å²) in [6.45, 7) is 1.86. The number of fused-ring (bicyclic) bond motifs is 1. The van der Waals surface area contributed by atoms with Gasteiger partial charge in [-0.3, -0.25) is 19.7 Å². The Morgan fingerprint density at radius 3 is 2.71 bits per heavy atom. The van der Waals surface area contributed by atoms with Gasteiger partial charge in [-0.15, -0.1) is 0 Å². The zero-order valence-electron chi connectivity index (χ0n) is 16.9. The van der Waals surface area contributed by atoms with Crippen LogP contribution < -0.4 is 16.0 Å². The molecule has 0 aliphatic carbocycles. The number of carbonyl (C=O) groups excluding carboxylic acids is 3. The molecule has 2 aromatic rings. The van der Waals surface area contributed by atoms with Gasteiger partial charge in [0.25, 0.3) is 5.91 Å². The van der Waals surface area contributed by atoms with E-state index in [-0.39, 0.29) is 23.5 Å². The topological polar surface area (TPSA) is 116 Å². The lowest BCUT2D eigenvalue weighted by Gasteiger charge is -2.29. The number of unbranched alkanes of at least 4 members (excludes halogenated alkanes) is 1. The van der Waals surface area contributed by atoms with E-state index in [1.807, 2.05) is 12.1 Å². The highest BCUT2D eigenvalue weighted by atomic mass is 35.5. The lowest BCUT2D eigenvalue weighted by Crippen LogP contribution is -2.52. The number of nitrogens with one attached hydrogen (secondary N) is 3. The van der Waals surface area contributed by atoms with Crippen molar-refractivity contribution >= 4 is 40.8 Å². The van der Waals surface area contributed by atoms with Crippen LogP contribution in [0.15, 0.2) is 30.5 Å². The van der Waals surface area contributed by atoms with Gasteiger partial charge in [0, 0.05) is 49.1 Å². The van der Waals surface area contributed by atoms with Crippen LogP contribution in [-0.4, -0.2) is 51.7 Å². The Morgan fingerprint density at radius 1 is 1.13 bits per heavy atom. The molecule has 4 rings (SSSR count). The van der Waals surface area contributed by atoms with Crippen molar-refractivity contribution in [1.82, 2.24) is 20.2 Å². The quantitative estimate of drug-likeness (QED) is 0.326. The zero-order valence-corrected chi connectivity index (χ0v) is 17.6. The maximum absolute atomic E-state index is 12.9. The summed E-state index contributed by atoms with van der Waals surface area (Å²) >= 11 is 5.77. The molecule has 0 radical (unpaired) electrons. The number of rotatable bonds is 8. The lowest BCUT2D eigenvalue weighted by atomic mass is 10.0. The van der Waals surface area contributed by atoms with Gasteiger partial charge in [0.1, 0.15) is 11.9 Å². The maximum atomic E-state index is 12.9. The number of hydrogen-bond acceptors (Lipinski definition) is 7. The molecule has 3 heterocycles. The van der Waals surface area contributed by atoms with Crippen molar-refractivity contribution in [3.05, 3.63) is 46.9 Å². The van der Waals surface area contributed by atoms with E-state index in [1.54, 1.807) is 23.2 Å². The van der Waals surface area contributed by atoms with Crippen molar-refractivity contribution in [2.75, 3.05) is 23.7 Å². The minimum absolute atomic E-state index is 0.166. The molecule has 2 aliphatic heterocycles. The normalized spacial score (nSPS) is 18.0. The average molecular weight is 443 g/mol. The highest BCUT2D eigenvalue weighted by Gasteiger charge is 2.39. The predicted molar refractivity (Wildman–Crippen MR) is 116 cm³/mol. The smallest absolute Gasteiger partial charge is 0.255 e. The summed E-state index contributed by atoms with van der Waals surface area (Å²) in [5.41, 5.74) is 2.40. The summed E-state index contributed by atoms with van der Waals surface area (Å²) in [4.78, 5) is 46.0. The van der Waals surface area contributed by atoms with Gasteiger partial charge < -0.3 is 15.5 Å². The van der Waals surface area contributed by atoms with Crippen LogP contribution >= 0.6 is 11.6 Å². The van der Waals surface area contributed by atoms with E-state index in [1.165, 1.54) is 0 Å². The second-order valence-electron chi connectivity index (χ2n) is 7.50. The fourth-order valence-corrected chi connectivity index (χ4v) is 4.02. The summed E-state index contributed by atoms with van der Waals surface area (Å²) < 4.78 is 0. The first kappa shape index (κ1) is 21.0. The van der Waals surface area contributed by atoms with Crippen molar-refractivity contribution in [1.29, 1.82) is 0 Å². The molecule has 9 nitrogen and oxygen atoms in total. The number of benzene rings is 1. The molecule has 0 saturated carbocycles. The first-order chi connectivity index (χ1) is 15.0. The number of halogens is 1. The second-order valence-corrected chi connectivity index (χ2v) is 7.84. The van der Waals surface area contributed by atoms with Gasteiger partial charge in [0.05, 0.1) is 0 Å². The number of aromatic nitrogens is 2. The predicted octanol–water partition coefficient (Wildman–Crippen LogP) is 2.20. The molecule has 162 valence electrons. The molecule has 1 aromatic carbocycles. The van der Waals surface area contributed by atoms with E-state index in [9.17, 15) is 14.4 Å². The van der Waals surface area contributed by atoms with Crippen LogP contribution in [0.1, 0.15) is 41.6 Å². The number of hydrogen-bond donors (Lipinski definition) is 3. The van der Waals surface area contributed by atoms with Crippen LogP contribution in [0, 0.1) is 0 Å². The molecular formula is C21H23ClN6O3. The Kier molecular flexibility index (Phi) is 6.31. The molecule has 1 saturated heterocycles. The molecule has 1 aromatic heterocycles.